The molecule has 2 N–H and O–H groups in total. The molecule has 0 unspecified atom stereocenters. The quantitative estimate of drug-likeness (QED) is 0.563. The van der Waals surface area contributed by atoms with Crippen LogP contribution in [0.2, 0.25) is 0 Å². The van der Waals surface area contributed by atoms with Crippen LogP contribution in [-0.2, 0) is 9.47 Å². The van der Waals surface area contributed by atoms with Gasteiger partial charge in [0.1, 0.15) is 11.6 Å². The molecule has 0 atom stereocenters. The maximum absolute atomic E-state index is 5.45. The van der Waals surface area contributed by atoms with Gasteiger partial charge < -0.3 is 29.9 Å². The van der Waals surface area contributed by atoms with Crippen LogP contribution in [0.4, 0.5) is 17.6 Å². The number of anilines is 3. The van der Waals surface area contributed by atoms with E-state index in [9.17, 15) is 0 Å². The Bertz CT molecular complexity index is 576. The highest BCUT2D eigenvalue weighted by Gasteiger charge is 2.19. The maximum atomic E-state index is 5.45. The third-order valence-corrected chi connectivity index (χ3v) is 4.53. The largest absolute Gasteiger partial charge is 0.383 e. The molecule has 9 heteroatoms. The van der Waals surface area contributed by atoms with Gasteiger partial charge in [-0.2, -0.15) is 9.97 Å². The highest BCUT2D eigenvalue weighted by molar-refractivity contribution is 7.80. The fourth-order valence-electron chi connectivity index (χ4n) is 2.95. The minimum Gasteiger partial charge on any atom is -0.383 e. The minimum absolute atomic E-state index is 0.503. The van der Waals surface area contributed by atoms with Gasteiger partial charge >= 0.3 is 0 Å². The minimum atomic E-state index is 0.503. The van der Waals surface area contributed by atoms with Gasteiger partial charge in [0.15, 0.2) is 5.11 Å². The van der Waals surface area contributed by atoms with E-state index in [1.54, 1.807) is 7.11 Å². The molecule has 138 valence electrons. The highest BCUT2D eigenvalue weighted by Crippen LogP contribution is 2.24. The van der Waals surface area contributed by atoms with Gasteiger partial charge in [0.05, 0.1) is 19.8 Å². The summed E-state index contributed by atoms with van der Waals surface area (Å²) >= 11 is 5.32. The summed E-state index contributed by atoms with van der Waals surface area (Å²) in [5.41, 5.74) is 0. The SMILES string of the molecule is COCCNC(=S)Nc1nc(N2CCCC2)cc(N2CCOCC2)n1. The Morgan fingerprint density at radius 1 is 1.16 bits per heavy atom. The van der Waals surface area contributed by atoms with Crippen LogP contribution >= 0.6 is 12.2 Å². The molecule has 2 aliphatic heterocycles. The van der Waals surface area contributed by atoms with E-state index in [-0.39, 0.29) is 0 Å². The number of nitrogens with zero attached hydrogens (tertiary/aromatic N) is 4. The van der Waals surface area contributed by atoms with Gasteiger partial charge in [-0.3, -0.25) is 0 Å². The third-order valence-electron chi connectivity index (χ3n) is 4.28. The molecule has 0 amide bonds. The molecule has 0 radical (unpaired) electrons. The van der Waals surface area contributed by atoms with Crippen molar-refractivity contribution in [1.82, 2.24) is 15.3 Å². The lowest BCUT2D eigenvalue weighted by molar-refractivity contribution is 0.122. The lowest BCUT2D eigenvalue weighted by Crippen LogP contribution is -2.37. The Balaban J connectivity index is 1.75. The lowest BCUT2D eigenvalue weighted by atomic mass is 10.4. The molecule has 0 aliphatic carbocycles. The number of hydrogen-bond acceptors (Lipinski definition) is 7. The van der Waals surface area contributed by atoms with Crippen molar-refractivity contribution in [3.8, 4) is 0 Å². The normalized spacial score (nSPS) is 17.6. The zero-order valence-corrected chi connectivity index (χ0v) is 15.5. The summed E-state index contributed by atoms with van der Waals surface area (Å²) < 4.78 is 10.5. The van der Waals surface area contributed by atoms with Crippen molar-refractivity contribution in [2.24, 2.45) is 0 Å². The number of ether oxygens (including phenoxy) is 2. The van der Waals surface area contributed by atoms with Crippen LogP contribution in [0.3, 0.4) is 0 Å². The molecule has 2 fully saturated rings. The van der Waals surface area contributed by atoms with Crippen molar-refractivity contribution >= 4 is 34.9 Å². The van der Waals surface area contributed by atoms with Crippen molar-refractivity contribution in [2.45, 2.75) is 12.8 Å². The molecule has 0 bridgehead atoms. The molecule has 3 rings (SSSR count). The van der Waals surface area contributed by atoms with Crippen LogP contribution in [0, 0.1) is 0 Å². The first kappa shape index (κ1) is 18.1. The van der Waals surface area contributed by atoms with Gasteiger partial charge in [-0.05, 0) is 25.1 Å². The van der Waals surface area contributed by atoms with E-state index in [4.69, 9.17) is 21.7 Å². The molecule has 0 spiro atoms. The molecule has 2 aliphatic rings. The summed E-state index contributed by atoms with van der Waals surface area (Å²) in [6.07, 6.45) is 2.41. The Morgan fingerprint density at radius 2 is 1.80 bits per heavy atom. The highest BCUT2D eigenvalue weighted by atomic mass is 32.1. The lowest BCUT2D eigenvalue weighted by Gasteiger charge is -2.29. The predicted octanol–water partition coefficient (Wildman–Crippen LogP) is 0.846. The van der Waals surface area contributed by atoms with Crippen LogP contribution < -0.4 is 20.4 Å². The van der Waals surface area contributed by atoms with Crippen molar-refractivity contribution in [3.63, 3.8) is 0 Å². The number of rotatable bonds is 6. The molecule has 1 aromatic heterocycles. The number of nitrogens with one attached hydrogen (secondary N) is 2. The van der Waals surface area contributed by atoms with Gasteiger partial charge in [-0.1, -0.05) is 0 Å². The average Bonchev–Trinajstić information content (AvgIpc) is 3.17. The van der Waals surface area contributed by atoms with E-state index in [2.05, 4.69) is 36.5 Å². The Morgan fingerprint density at radius 3 is 2.44 bits per heavy atom. The first-order valence-corrected chi connectivity index (χ1v) is 9.17. The topological polar surface area (TPSA) is 74.8 Å². The predicted molar refractivity (Wildman–Crippen MR) is 103 cm³/mol. The van der Waals surface area contributed by atoms with Crippen LogP contribution in [0.5, 0.6) is 0 Å². The summed E-state index contributed by atoms with van der Waals surface area (Å²) in [7, 11) is 1.66. The van der Waals surface area contributed by atoms with Gasteiger partial charge in [0.25, 0.3) is 0 Å². The summed E-state index contributed by atoms with van der Waals surface area (Å²) in [5.74, 6) is 2.40. The maximum Gasteiger partial charge on any atom is 0.232 e. The first-order valence-electron chi connectivity index (χ1n) is 8.77. The molecular formula is C16H26N6O2S. The molecule has 2 saturated heterocycles. The fourth-order valence-corrected chi connectivity index (χ4v) is 3.15. The van der Waals surface area contributed by atoms with Crippen LogP contribution in [0.25, 0.3) is 0 Å². The van der Waals surface area contributed by atoms with E-state index in [0.29, 0.717) is 24.2 Å². The Labute approximate surface area is 153 Å². The van der Waals surface area contributed by atoms with Crippen molar-refractivity contribution in [3.05, 3.63) is 6.07 Å². The average molecular weight is 366 g/mol. The molecule has 0 aromatic carbocycles. The number of aromatic nitrogens is 2. The molecule has 0 saturated carbocycles. The van der Waals surface area contributed by atoms with Crippen molar-refractivity contribution in [1.29, 1.82) is 0 Å². The molecule has 8 nitrogen and oxygen atoms in total. The van der Waals surface area contributed by atoms with E-state index in [1.807, 2.05) is 0 Å². The zero-order valence-electron chi connectivity index (χ0n) is 14.7. The smallest absolute Gasteiger partial charge is 0.232 e. The summed E-state index contributed by atoms with van der Waals surface area (Å²) in [4.78, 5) is 13.9. The number of hydrogen-bond donors (Lipinski definition) is 2. The molecular weight excluding hydrogens is 340 g/mol. The summed E-state index contributed by atoms with van der Waals surface area (Å²) in [5, 5.41) is 6.69. The molecule has 1 aromatic rings. The standard InChI is InChI=1S/C16H26N6O2S/c1-23-9-4-17-16(25)20-15-18-13(21-5-2-3-6-21)12-14(19-15)22-7-10-24-11-8-22/h12H,2-11H2,1H3,(H2,17,18,19,20,25). The van der Waals surface area contributed by atoms with Crippen LogP contribution in [0.1, 0.15) is 12.8 Å². The van der Waals surface area contributed by atoms with E-state index in [1.165, 1.54) is 12.8 Å². The van der Waals surface area contributed by atoms with Gasteiger partial charge in [0.2, 0.25) is 5.95 Å². The second-order valence-electron chi connectivity index (χ2n) is 6.08. The van der Waals surface area contributed by atoms with Gasteiger partial charge in [0, 0.05) is 45.9 Å². The summed E-state index contributed by atoms with van der Waals surface area (Å²) in [6.45, 7) is 6.44. The van der Waals surface area contributed by atoms with Crippen molar-refractivity contribution in [2.75, 3.05) is 74.8 Å². The summed E-state index contributed by atoms with van der Waals surface area (Å²) in [6, 6.07) is 2.07. The second-order valence-corrected chi connectivity index (χ2v) is 6.48. The Kier molecular flexibility index (Phi) is 6.60. The molecule has 25 heavy (non-hydrogen) atoms. The number of methoxy groups -OCH3 is 1. The number of thiocarbonyl (C=S) groups is 1. The second kappa shape index (κ2) is 9.12. The Hall–Kier alpha value is -1.71. The van der Waals surface area contributed by atoms with Gasteiger partial charge in [-0.15, -0.1) is 0 Å². The zero-order chi connectivity index (χ0) is 17.5. The van der Waals surface area contributed by atoms with E-state index >= 15 is 0 Å². The fraction of sp³-hybridized carbons (Fsp3) is 0.688. The van der Waals surface area contributed by atoms with Crippen LogP contribution in [0.15, 0.2) is 6.07 Å². The van der Waals surface area contributed by atoms with E-state index in [0.717, 1.165) is 51.0 Å². The van der Waals surface area contributed by atoms with Crippen molar-refractivity contribution < 1.29 is 9.47 Å². The van der Waals surface area contributed by atoms with Crippen LogP contribution in [-0.4, -0.2) is 74.7 Å². The molecule has 3 heterocycles. The van der Waals surface area contributed by atoms with E-state index < -0.39 is 0 Å². The third kappa shape index (κ3) is 5.13. The van der Waals surface area contributed by atoms with Gasteiger partial charge in [-0.25, -0.2) is 0 Å². The monoisotopic (exact) mass is 366 g/mol. The number of morpholine rings is 1. The first-order chi connectivity index (χ1) is 12.3.